The molecular formula is C14H11Cl2N3O. The average molecular weight is 308 g/mol. The number of fused-ring (bicyclic) bond motifs is 1. The first-order valence-electron chi connectivity index (χ1n) is 6.22. The Hall–Kier alpha value is -1.54. The van der Waals surface area contributed by atoms with Crippen LogP contribution in [0.4, 0.5) is 5.82 Å². The maximum Gasteiger partial charge on any atom is 0.149 e. The normalized spacial score (nSPS) is 18.5. The van der Waals surface area contributed by atoms with Crippen molar-refractivity contribution in [2.24, 2.45) is 0 Å². The quantitative estimate of drug-likeness (QED) is 0.880. The SMILES string of the molecule is N#Cc1c(Cl)c(N2CC[C@@H](O)C2)nc2ccc(Cl)cc12. The number of rotatable bonds is 1. The lowest BCUT2D eigenvalue weighted by Gasteiger charge is -2.19. The molecule has 2 aromatic rings. The number of β-amino-alcohol motifs (C(OH)–C–C–N with tert-alkyl or cyclic N) is 1. The van der Waals surface area contributed by atoms with E-state index in [1.807, 2.05) is 4.90 Å². The van der Waals surface area contributed by atoms with Crippen LogP contribution in [-0.2, 0) is 0 Å². The summed E-state index contributed by atoms with van der Waals surface area (Å²) < 4.78 is 0. The maximum atomic E-state index is 9.63. The number of aromatic nitrogens is 1. The molecule has 4 nitrogen and oxygen atoms in total. The highest BCUT2D eigenvalue weighted by molar-refractivity contribution is 6.35. The Morgan fingerprint density at radius 3 is 2.85 bits per heavy atom. The van der Waals surface area contributed by atoms with Gasteiger partial charge in [0.05, 0.1) is 17.2 Å². The molecule has 3 rings (SSSR count). The lowest BCUT2D eigenvalue weighted by molar-refractivity contribution is 0.198. The zero-order valence-electron chi connectivity index (χ0n) is 10.5. The minimum Gasteiger partial charge on any atom is -0.391 e. The second kappa shape index (κ2) is 5.10. The van der Waals surface area contributed by atoms with Crippen LogP contribution in [0.15, 0.2) is 18.2 Å². The molecule has 0 radical (unpaired) electrons. The third-order valence-electron chi connectivity index (χ3n) is 3.44. The van der Waals surface area contributed by atoms with Crippen LogP contribution in [0.3, 0.4) is 0 Å². The third-order valence-corrected chi connectivity index (χ3v) is 4.04. The minimum atomic E-state index is -0.376. The van der Waals surface area contributed by atoms with Gasteiger partial charge in [0.15, 0.2) is 0 Å². The molecule has 0 amide bonds. The van der Waals surface area contributed by atoms with Gasteiger partial charge >= 0.3 is 0 Å². The fourth-order valence-electron chi connectivity index (χ4n) is 2.45. The summed E-state index contributed by atoms with van der Waals surface area (Å²) in [6, 6.07) is 7.31. The highest BCUT2D eigenvalue weighted by Gasteiger charge is 2.25. The number of hydrogen-bond donors (Lipinski definition) is 1. The highest BCUT2D eigenvalue weighted by atomic mass is 35.5. The summed E-state index contributed by atoms with van der Waals surface area (Å²) in [5, 5.41) is 20.5. The molecule has 1 aliphatic rings. The van der Waals surface area contributed by atoms with Gasteiger partial charge in [0, 0.05) is 23.5 Å². The van der Waals surface area contributed by atoms with Gasteiger partial charge in [-0.15, -0.1) is 0 Å². The maximum absolute atomic E-state index is 9.63. The summed E-state index contributed by atoms with van der Waals surface area (Å²) >= 11 is 12.3. The largest absolute Gasteiger partial charge is 0.391 e. The van der Waals surface area contributed by atoms with E-state index in [4.69, 9.17) is 23.2 Å². The predicted octanol–water partition coefficient (Wildman–Crippen LogP) is 2.98. The summed E-state index contributed by atoms with van der Waals surface area (Å²) in [5.41, 5.74) is 1.04. The fraction of sp³-hybridized carbons (Fsp3) is 0.286. The van der Waals surface area contributed by atoms with Crippen molar-refractivity contribution in [2.45, 2.75) is 12.5 Å². The van der Waals surface area contributed by atoms with E-state index in [1.165, 1.54) is 0 Å². The molecule has 0 spiro atoms. The van der Waals surface area contributed by atoms with Crippen LogP contribution in [0.25, 0.3) is 10.9 Å². The van der Waals surface area contributed by atoms with Crippen LogP contribution in [0, 0.1) is 11.3 Å². The van der Waals surface area contributed by atoms with Gasteiger partial charge in [0.1, 0.15) is 16.9 Å². The first-order valence-corrected chi connectivity index (χ1v) is 6.97. The van der Waals surface area contributed by atoms with E-state index in [9.17, 15) is 10.4 Å². The molecule has 102 valence electrons. The van der Waals surface area contributed by atoms with E-state index >= 15 is 0 Å². The van der Waals surface area contributed by atoms with Crippen molar-refractivity contribution < 1.29 is 5.11 Å². The number of nitrogens with zero attached hydrogens (tertiary/aromatic N) is 3. The van der Waals surface area contributed by atoms with Crippen LogP contribution < -0.4 is 4.90 Å². The molecule has 6 heteroatoms. The van der Waals surface area contributed by atoms with Gasteiger partial charge < -0.3 is 10.0 Å². The molecule has 0 unspecified atom stereocenters. The summed E-state index contributed by atoms with van der Waals surface area (Å²) in [5.74, 6) is 0.551. The molecule has 1 N–H and O–H groups in total. The van der Waals surface area contributed by atoms with Gasteiger partial charge in [-0.3, -0.25) is 0 Å². The van der Waals surface area contributed by atoms with Crippen LogP contribution in [0.1, 0.15) is 12.0 Å². The van der Waals surface area contributed by atoms with Gasteiger partial charge in [-0.25, -0.2) is 4.98 Å². The first kappa shape index (κ1) is 13.4. The van der Waals surface area contributed by atoms with E-state index in [0.717, 1.165) is 0 Å². The van der Waals surface area contributed by atoms with E-state index in [-0.39, 0.29) is 6.10 Å². The van der Waals surface area contributed by atoms with Crippen molar-refractivity contribution >= 4 is 39.9 Å². The molecule has 1 saturated heterocycles. The van der Waals surface area contributed by atoms with Crippen molar-refractivity contribution in [1.29, 1.82) is 5.26 Å². The van der Waals surface area contributed by atoms with Crippen molar-refractivity contribution in [1.82, 2.24) is 4.98 Å². The molecule has 20 heavy (non-hydrogen) atoms. The molecule has 1 aromatic carbocycles. The predicted molar refractivity (Wildman–Crippen MR) is 79.3 cm³/mol. The highest BCUT2D eigenvalue weighted by Crippen LogP contribution is 2.35. The Balaban J connectivity index is 2.22. The molecule has 0 aliphatic carbocycles. The van der Waals surface area contributed by atoms with Crippen LogP contribution in [-0.4, -0.2) is 29.3 Å². The second-order valence-electron chi connectivity index (χ2n) is 4.79. The Morgan fingerprint density at radius 1 is 1.40 bits per heavy atom. The summed E-state index contributed by atoms with van der Waals surface area (Å²) in [6.45, 7) is 1.16. The Kier molecular flexibility index (Phi) is 3.43. The lowest BCUT2D eigenvalue weighted by Crippen LogP contribution is -2.22. The van der Waals surface area contributed by atoms with Crippen molar-refractivity contribution in [3.05, 3.63) is 33.8 Å². The van der Waals surface area contributed by atoms with Gasteiger partial charge in [-0.2, -0.15) is 5.26 Å². The molecule has 1 fully saturated rings. The Bertz CT molecular complexity index is 726. The number of hydrogen-bond acceptors (Lipinski definition) is 4. The number of benzene rings is 1. The van der Waals surface area contributed by atoms with E-state index in [2.05, 4.69) is 11.1 Å². The summed E-state index contributed by atoms with van der Waals surface area (Å²) in [7, 11) is 0. The fourth-order valence-corrected chi connectivity index (χ4v) is 2.93. The van der Waals surface area contributed by atoms with Crippen LogP contribution in [0.5, 0.6) is 0 Å². The lowest BCUT2D eigenvalue weighted by atomic mass is 10.1. The number of pyridine rings is 1. The zero-order chi connectivity index (χ0) is 14.3. The molecule has 2 heterocycles. The van der Waals surface area contributed by atoms with Crippen molar-refractivity contribution in [2.75, 3.05) is 18.0 Å². The molecule has 0 saturated carbocycles. The second-order valence-corrected chi connectivity index (χ2v) is 5.60. The molecular weight excluding hydrogens is 297 g/mol. The number of nitriles is 1. The molecule has 1 atom stereocenters. The first-order chi connectivity index (χ1) is 9.60. The van der Waals surface area contributed by atoms with E-state index in [0.29, 0.717) is 51.8 Å². The molecule has 0 bridgehead atoms. The van der Waals surface area contributed by atoms with Crippen LogP contribution >= 0.6 is 23.2 Å². The zero-order valence-corrected chi connectivity index (χ0v) is 12.0. The summed E-state index contributed by atoms with van der Waals surface area (Å²) in [6.07, 6.45) is 0.303. The molecule has 1 aromatic heterocycles. The van der Waals surface area contributed by atoms with Gasteiger partial charge in [0.25, 0.3) is 0 Å². The molecule has 1 aliphatic heterocycles. The van der Waals surface area contributed by atoms with Crippen molar-refractivity contribution in [3.63, 3.8) is 0 Å². The van der Waals surface area contributed by atoms with Gasteiger partial charge in [0.2, 0.25) is 0 Å². The minimum absolute atomic E-state index is 0.316. The Labute approximate surface area is 126 Å². The third kappa shape index (κ3) is 2.18. The van der Waals surface area contributed by atoms with Crippen LogP contribution in [0.2, 0.25) is 10.0 Å². The number of aliphatic hydroxyl groups is 1. The van der Waals surface area contributed by atoms with E-state index < -0.39 is 0 Å². The Morgan fingerprint density at radius 2 is 2.20 bits per heavy atom. The van der Waals surface area contributed by atoms with Gasteiger partial charge in [-0.1, -0.05) is 23.2 Å². The number of aliphatic hydroxyl groups excluding tert-OH is 1. The summed E-state index contributed by atoms with van der Waals surface area (Å²) in [4.78, 5) is 6.42. The monoisotopic (exact) mass is 307 g/mol. The smallest absolute Gasteiger partial charge is 0.149 e. The number of anilines is 1. The van der Waals surface area contributed by atoms with Crippen molar-refractivity contribution in [3.8, 4) is 6.07 Å². The topological polar surface area (TPSA) is 60.2 Å². The van der Waals surface area contributed by atoms with Gasteiger partial charge in [-0.05, 0) is 24.6 Å². The standard InChI is InChI=1S/C14H11Cl2N3O/c15-8-1-2-12-10(5-8)11(6-17)13(16)14(18-12)19-4-3-9(20)7-19/h1-2,5,9,20H,3-4,7H2/t9-/m1/s1. The average Bonchev–Trinajstić information content (AvgIpc) is 2.85. The van der Waals surface area contributed by atoms with E-state index in [1.54, 1.807) is 18.2 Å². The number of halogens is 2.